The maximum atomic E-state index is 13.8. The standard InChI is InChI=1S/C25H30BrN3O4S/c1-16-11-17(2)13-20(12-16)34(32,33)25-21-14-18(26)3-4-22(21)28-23(25)15-24(31)27-19-5-7-29(8-6-19)9-10-30/h3-4,11-14,19,28,30H,5-10,15H2,1-2H3,(H,27,31). The van der Waals surface area contributed by atoms with Crippen LogP contribution in [0, 0.1) is 13.8 Å². The van der Waals surface area contributed by atoms with E-state index in [1.165, 1.54) is 0 Å². The van der Waals surface area contributed by atoms with Crippen molar-refractivity contribution in [2.75, 3.05) is 26.2 Å². The highest BCUT2D eigenvalue weighted by molar-refractivity contribution is 9.10. The third-order valence-electron chi connectivity index (χ3n) is 6.27. The molecule has 3 N–H and O–H groups in total. The topological polar surface area (TPSA) is 102 Å². The van der Waals surface area contributed by atoms with Crippen molar-refractivity contribution in [1.82, 2.24) is 15.2 Å². The first-order valence-corrected chi connectivity index (χ1v) is 13.7. The minimum atomic E-state index is -3.87. The number of β-amino-alcohol motifs (C(OH)–C–C–N with tert-alkyl or cyclic N) is 1. The van der Waals surface area contributed by atoms with Gasteiger partial charge in [-0.15, -0.1) is 0 Å². The fraction of sp³-hybridized carbons (Fsp3) is 0.400. The van der Waals surface area contributed by atoms with E-state index in [-0.39, 0.29) is 34.8 Å². The van der Waals surface area contributed by atoms with E-state index < -0.39 is 9.84 Å². The third kappa shape index (κ3) is 5.38. The lowest BCUT2D eigenvalue weighted by molar-refractivity contribution is -0.121. The first-order chi connectivity index (χ1) is 16.2. The van der Waals surface area contributed by atoms with Crippen LogP contribution in [-0.2, 0) is 21.1 Å². The molecular formula is C25H30BrN3O4S. The van der Waals surface area contributed by atoms with Gasteiger partial charge in [0, 0.05) is 46.7 Å². The fourth-order valence-corrected chi connectivity index (χ4v) is 6.90. The predicted octanol–water partition coefficient (Wildman–Crippen LogP) is 3.50. The fourth-order valence-electron chi connectivity index (χ4n) is 4.71. The second-order valence-electron chi connectivity index (χ2n) is 9.03. The quantitative estimate of drug-likeness (QED) is 0.420. The number of H-pyrrole nitrogens is 1. The van der Waals surface area contributed by atoms with Crippen LogP contribution < -0.4 is 5.32 Å². The summed E-state index contributed by atoms with van der Waals surface area (Å²) in [5.74, 6) is -0.205. The van der Waals surface area contributed by atoms with Crippen molar-refractivity contribution in [1.29, 1.82) is 0 Å². The number of aliphatic hydroxyl groups is 1. The molecule has 2 aromatic carbocycles. The molecule has 0 saturated carbocycles. The van der Waals surface area contributed by atoms with Crippen molar-refractivity contribution in [2.45, 2.75) is 48.9 Å². The number of aromatic amines is 1. The molecule has 0 unspecified atom stereocenters. The van der Waals surface area contributed by atoms with E-state index in [1.54, 1.807) is 18.2 Å². The molecule has 0 aliphatic carbocycles. The zero-order valence-corrected chi connectivity index (χ0v) is 21.8. The molecular weight excluding hydrogens is 518 g/mol. The number of hydrogen-bond donors (Lipinski definition) is 3. The molecule has 7 nitrogen and oxygen atoms in total. The van der Waals surface area contributed by atoms with E-state index in [9.17, 15) is 13.2 Å². The minimum absolute atomic E-state index is 0.0421. The number of aryl methyl sites for hydroxylation is 2. The Labute approximate surface area is 208 Å². The summed E-state index contributed by atoms with van der Waals surface area (Å²) >= 11 is 3.45. The summed E-state index contributed by atoms with van der Waals surface area (Å²) in [6, 6.07) is 10.8. The number of aromatic nitrogens is 1. The van der Waals surface area contributed by atoms with Crippen molar-refractivity contribution < 1.29 is 18.3 Å². The summed E-state index contributed by atoms with van der Waals surface area (Å²) in [5.41, 5.74) is 2.80. The number of benzene rings is 2. The maximum absolute atomic E-state index is 13.8. The van der Waals surface area contributed by atoms with Gasteiger partial charge in [-0.2, -0.15) is 0 Å². The Bertz CT molecular complexity index is 1290. The van der Waals surface area contributed by atoms with Gasteiger partial charge in [-0.25, -0.2) is 8.42 Å². The highest BCUT2D eigenvalue weighted by Crippen LogP contribution is 2.34. The summed E-state index contributed by atoms with van der Waals surface area (Å²) in [5, 5.41) is 12.7. The van der Waals surface area contributed by atoms with Crippen LogP contribution in [0.3, 0.4) is 0 Å². The number of sulfone groups is 1. The number of aliphatic hydroxyl groups excluding tert-OH is 1. The average Bonchev–Trinajstić information content (AvgIpc) is 3.12. The van der Waals surface area contributed by atoms with Crippen molar-refractivity contribution in [2.24, 2.45) is 0 Å². The molecule has 182 valence electrons. The molecule has 0 bridgehead atoms. The Morgan fingerprint density at radius 2 is 1.82 bits per heavy atom. The molecule has 1 amide bonds. The number of hydrogen-bond acceptors (Lipinski definition) is 5. The van der Waals surface area contributed by atoms with Gasteiger partial charge in [0.25, 0.3) is 0 Å². The average molecular weight is 549 g/mol. The van der Waals surface area contributed by atoms with Crippen LogP contribution in [0.4, 0.5) is 0 Å². The van der Waals surface area contributed by atoms with Crippen molar-refractivity contribution >= 4 is 42.6 Å². The number of nitrogens with zero attached hydrogens (tertiary/aromatic N) is 1. The van der Waals surface area contributed by atoms with Crippen LogP contribution in [0.25, 0.3) is 10.9 Å². The van der Waals surface area contributed by atoms with E-state index in [0.29, 0.717) is 23.1 Å². The highest BCUT2D eigenvalue weighted by Gasteiger charge is 2.29. The highest BCUT2D eigenvalue weighted by atomic mass is 79.9. The molecule has 34 heavy (non-hydrogen) atoms. The maximum Gasteiger partial charge on any atom is 0.226 e. The third-order valence-corrected chi connectivity index (χ3v) is 8.62. The molecule has 9 heteroatoms. The second-order valence-corrected chi connectivity index (χ2v) is 11.8. The van der Waals surface area contributed by atoms with E-state index in [1.807, 2.05) is 32.0 Å². The van der Waals surface area contributed by atoms with Gasteiger partial charge in [-0.3, -0.25) is 4.79 Å². The second kappa shape index (κ2) is 10.2. The lowest BCUT2D eigenvalue weighted by Gasteiger charge is -2.31. The minimum Gasteiger partial charge on any atom is -0.395 e. The molecule has 1 aliphatic heterocycles. The van der Waals surface area contributed by atoms with E-state index >= 15 is 0 Å². The Kier molecular flexibility index (Phi) is 7.47. The molecule has 0 atom stereocenters. The normalized spacial score (nSPS) is 15.6. The van der Waals surface area contributed by atoms with Gasteiger partial charge in [0.05, 0.1) is 17.9 Å². The molecule has 4 rings (SSSR count). The Balaban J connectivity index is 1.64. The van der Waals surface area contributed by atoms with Crippen LogP contribution in [0.2, 0.25) is 0 Å². The first-order valence-electron chi connectivity index (χ1n) is 11.4. The SMILES string of the molecule is Cc1cc(C)cc(S(=O)(=O)c2c(CC(=O)NC3CCN(CCO)CC3)[nH]c3ccc(Br)cc23)c1. The van der Waals surface area contributed by atoms with E-state index in [0.717, 1.165) is 41.5 Å². The zero-order valence-electron chi connectivity index (χ0n) is 19.4. The van der Waals surface area contributed by atoms with Crippen LogP contribution >= 0.6 is 15.9 Å². The lowest BCUT2D eigenvalue weighted by Crippen LogP contribution is -2.45. The van der Waals surface area contributed by atoms with Gasteiger partial charge in [0.15, 0.2) is 0 Å². The van der Waals surface area contributed by atoms with Gasteiger partial charge in [-0.1, -0.05) is 22.0 Å². The first kappa shape index (κ1) is 24.9. The van der Waals surface area contributed by atoms with Gasteiger partial charge >= 0.3 is 0 Å². The van der Waals surface area contributed by atoms with Crippen LogP contribution in [0.15, 0.2) is 50.7 Å². The van der Waals surface area contributed by atoms with Gasteiger partial charge in [0.2, 0.25) is 15.7 Å². The number of amides is 1. The van der Waals surface area contributed by atoms with Crippen molar-refractivity contribution in [3.8, 4) is 0 Å². The molecule has 0 spiro atoms. The Morgan fingerprint density at radius 1 is 1.15 bits per heavy atom. The number of likely N-dealkylation sites (tertiary alicyclic amines) is 1. The summed E-state index contributed by atoms with van der Waals surface area (Å²) in [4.78, 5) is 18.7. The smallest absolute Gasteiger partial charge is 0.226 e. The number of rotatable bonds is 7. The van der Waals surface area contributed by atoms with E-state index in [2.05, 4.69) is 31.1 Å². The molecule has 1 aromatic heterocycles. The number of piperidine rings is 1. The monoisotopic (exact) mass is 547 g/mol. The summed E-state index contributed by atoms with van der Waals surface area (Å²) in [7, 11) is -3.87. The molecule has 3 aromatic rings. The van der Waals surface area contributed by atoms with Crippen molar-refractivity contribution in [3.63, 3.8) is 0 Å². The van der Waals surface area contributed by atoms with E-state index in [4.69, 9.17) is 5.11 Å². The summed E-state index contributed by atoms with van der Waals surface area (Å²) in [6.07, 6.45) is 1.56. The number of carbonyl (C=O) groups excluding carboxylic acids is 1. The van der Waals surface area contributed by atoms with Crippen LogP contribution in [0.1, 0.15) is 29.7 Å². The number of nitrogens with one attached hydrogen (secondary N) is 2. The number of fused-ring (bicyclic) bond motifs is 1. The van der Waals surface area contributed by atoms with Crippen LogP contribution in [-0.4, -0.2) is 61.6 Å². The molecule has 1 saturated heterocycles. The number of carbonyl (C=O) groups is 1. The Morgan fingerprint density at radius 3 is 2.47 bits per heavy atom. The van der Waals surface area contributed by atoms with Gasteiger partial charge in [0.1, 0.15) is 4.90 Å². The van der Waals surface area contributed by atoms with Crippen LogP contribution in [0.5, 0.6) is 0 Å². The van der Waals surface area contributed by atoms with Gasteiger partial charge in [-0.05, 0) is 68.1 Å². The molecule has 0 radical (unpaired) electrons. The lowest BCUT2D eigenvalue weighted by atomic mass is 10.0. The summed E-state index contributed by atoms with van der Waals surface area (Å²) < 4.78 is 28.4. The molecule has 1 fully saturated rings. The number of halogens is 1. The molecule has 2 heterocycles. The zero-order chi connectivity index (χ0) is 24.5. The Hall–Kier alpha value is -2.20. The largest absolute Gasteiger partial charge is 0.395 e. The van der Waals surface area contributed by atoms with Gasteiger partial charge < -0.3 is 20.3 Å². The van der Waals surface area contributed by atoms with Crippen molar-refractivity contribution in [3.05, 3.63) is 57.7 Å². The molecule has 1 aliphatic rings. The summed E-state index contributed by atoms with van der Waals surface area (Å²) in [6.45, 7) is 6.16. The predicted molar refractivity (Wildman–Crippen MR) is 136 cm³/mol.